The number of aromatic nitrogens is 1. The second-order valence-electron chi connectivity index (χ2n) is 7.68. The largest absolute Gasteiger partial charge is 0.416 e. The lowest BCUT2D eigenvalue weighted by Crippen LogP contribution is -2.41. The Labute approximate surface area is 168 Å². The second kappa shape index (κ2) is 6.18. The average Bonchev–Trinajstić information content (AvgIpc) is 3.42. The number of nitrogens with zero attached hydrogens (tertiary/aromatic N) is 2. The fraction of sp³-hybridized carbons (Fsp3) is 0.350. The molecule has 1 aromatic carbocycles. The molecule has 4 heterocycles. The molecular weight excluding hydrogens is 403 g/mol. The van der Waals surface area contributed by atoms with Gasteiger partial charge >= 0.3 is 6.18 Å². The van der Waals surface area contributed by atoms with Crippen molar-refractivity contribution in [2.75, 3.05) is 16.8 Å². The van der Waals surface area contributed by atoms with Crippen molar-refractivity contribution in [2.24, 2.45) is 11.8 Å². The van der Waals surface area contributed by atoms with Crippen LogP contribution in [0.5, 0.6) is 0 Å². The summed E-state index contributed by atoms with van der Waals surface area (Å²) in [5.74, 6) is -1.44. The topological polar surface area (TPSA) is 84.7 Å². The van der Waals surface area contributed by atoms with Crippen molar-refractivity contribution in [3.63, 3.8) is 0 Å². The van der Waals surface area contributed by atoms with E-state index in [9.17, 15) is 22.8 Å². The highest BCUT2D eigenvalue weighted by Crippen LogP contribution is 2.52. The number of halogens is 3. The summed E-state index contributed by atoms with van der Waals surface area (Å²) in [4.78, 5) is 27.5. The quantitative estimate of drug-likeness (QED) is 0.774. The molecule has 0 aliphatic carbocycles. The first kappa shape index (κ1) is 18.9. The predicted molar refractivity (Wildman–Crippen MR) is 97.4 cm³/mol. The SMILES string of the molecule is Cc1cc(N2CC34C=CC(O3)C(C(=O)Nc3ccc(C(F)(F)F)cc3)C4C2=O)no1. The fourth-order valence-corrected chi connectivity index (χ4v) is 4.44. The van der Waals surface area contributed by atoms with E-state index in [1.807, 2.05) is 0 Å². The number of carbonyl (C=O) groups excluding carboxylic acids is 2. The van der Waals surface area contributed by atoms with Crippen LogP contribution in [0.1, 0.15) is 11.3 Å². The molecule has 0 saturated carbocycles. The molecule has 1 spiro atoms. The van der Waals surface area contributed by atoms with E-state index >= 15 is 0 Å². The normalized spacial score (nSPS) is 29.5. The van der Waals surface area contributed by atoms with Crippen molar-refractivity contribution in [3.05, 3.63) is 53.8 Å². The van der Waals surface area contributed by atoms with Gasteiger partial charge in [0.15, 0.2) is 5.82 Å². The molecule has 156 valence electrons. The first-order valence-corrected chi connectivity index (χ1v) is 9.28. The number of rotatable bonds is 3. The maximum Gasteiger partial charge on any atom is 0.416 e. The summed E-state index contributed by atoms with van der Waals surface area (Å²) in [6.45, 7) is 1.91. The lowest BCUT2D eigenvalue weighted by atomic mass is 9.77. The smallest absolute Gasteiger partial charge is 0.360 e. The number of hydrogen-bond acceptors (Lipinski definition) is 5. The van der Waals surface area contributed by atoms with Crippen molar-refractivity contribution in [3.8, 4) is 0 Å². The van der Waals surface area contributed by atoms with Gasteiger partial charge in [-0.3, -0.25) is 14.5 Å². The second-order valence-corrected chi connectivity index (χ2v) is 7.68. The number of carbonyl (C=O) groups is 2. The minimum atomic E-state index is -4.46. The zero-order valence-corrected chi connectivity index (χ0v) is 15.6. The maximum atomic E-state index is 13.1. The predicted octanol–water partition coefficient (Wildman–Crippen LogP) is 2.93. The summed E-state index contributed by atoms with van der Waals surface area (Å²) in [5, 5.41) is 6.49. The number of fused-ring (bicyclic) bond motifs is 1. The number of amides is 2. The third-order valence-electron chi connectivity index (χ3n) is 5.77. The molecule has 7 nitrogen and oxygen atoms in total. The van der Waals surface area contributed by atoms with Gasteiger partial charge in [0.2, 0.25) is 11.8 Å². The highest BCUT2D eigenvalue weighted by Gasteiger charge is 2.67. The van der Waals surface area contributed by atoms with Crippen molar-refractivity contribution in [1.82, 2.24) is 5.16 Å². The number of alkyl halides is 3. The van der Waals surface area contributed by atoms with Crippen molar-refractivity contribution < 1.29 is 32.0 Å². The van der Waals surface area contributed by atoms with E-state index in [0.717, 1.165) is 12.1 Å². The summed E-state index contributed by atoms with van der Waals surface area (Å²) < 4.78 is 49.3. The molecule has 3 aliphatic heterocycles. The van der Waals surface area contributed by atoms with Crippen LogP contribution in [0.2, 0.25) is 0 Å². The van der Waals surface area contributed by atoms with Crippen molar-refractivity contribution in [1.29, 1.82) is 0 Å². The summed E-state index contributed by atoms with van der Waals surface area (Å²) in [5.41, 5.74) is -1.53. The molecule has 30 heavy (non-hydrogen) atoms. The molecule has 1 aromatic heterocycles. The van der Waals surface area contributed by atoms with Crippen LogP contribution in [0.15, 0.2) is 47.0 Å². The van der Waals surface area contributed by atoms with Crippen LogP contribution in [0.4, 0.5) is 24.7 Å². The number of anilines is 2. The van der Waals surface area contributed by atoms with Crippen LogP contribution >= 0.6 is 0 Å². The molecule has 3 aliphatic rings. The van der Waals surface area contributed by atoms with E-state index in [4.69, 9.17) is 9.26 Å². The zero-order valence-electron chi connectivity index (χ0n) is 15.6. The minimum Gasteiger partial charge on any atom is -0.360 e. The van der Waals surface area contributed by atoms with Crippen LogP contribution in [-0.4, -0.2) is 35.2 Å². The molecule has 0 radical (unpaired) electrons. The molecule has 4 atom stereocenters. The number of ether oxygens (including phenoxy) is 1. The van der Waals surface area contributed by atoms with Gasteiger partial charge in [-0.05, 0) is 31.2 Å². The molecule has 5 rings (SSSR count). The lowest BCUT2D eigenvalue weighted by Gasteiger charge is -2.23. The minimum absolute atomic E-state index is 0.208. The Morgan fingerprint density at radius 3 is 2.67 bits per heavy atom. The van der Waals surface area contributed by atoms with Gasteiger partial charge in [0.05, 0.1) is 30.0 Å². The molecule has 4 unspecified atom stereocenters. The van der Waals surface area contributed by atoms with Gasteiger partial charge in [0.1, 0.15) is 11.4 Å². The Morgan fingerprint density at radius 2 is 2.03 bits per heavy atom. The summed E-state index contributed by atoms with van der Waals surface area (Å²) >= 11 is 0. The molecule has 2 aromatic rings. The van der Waals surface area contributed by atoms with Crippen molar-refractivity contribution in [2.45, 2.75) is 24.8 Å². The van der Waals surface area contributed by atoms with E-state index in [1.54, 1.807) is 25.1 Å². The highest BCUT2D eigenvalue weighted by molar-refractivity contribution is 6.05. The molecule has 2 saturated heterocycles. The van der Waals surface area contributed by atoms with Gasteiger partial charge in [0.25, 0.3) is 0 Å². The molecule has 2 amide bonds. The van der Waals surface area contributed by atoms with E-state index < -0.39 is 41.2 Å². The first-order chi connectivity index (χ1) is 14.2. The monoisotopic (exact) mass is 419 g/mol. The summed E-state index contributed by atoms with van der Waals surface area (Å²) in [6, 6.07) is 5.78. The Hall–Kier alpha value is -3.14. The van der Waals surface area contributed by atoms with E-state index in [1.165, 1.54) is 17.0 Å². The van der Waals surface area contributed by atoms with Crippen LogP contribution in [0, 0.1) is 18.8 Å². The van der Waals surface area contributed by atoms with Gasteiger partial charge in [-0.25, -0.2) is 0 Å². The van der Waals surface area contributed by atoms with E-state index in [2.05, 4.69) is 10.5 Å². The van der Waals surface area contributed by atoms with Gasteiger partial charge < -0.3 is 14.6 Å². The number of hydrogen-bond donors (Lipinski definition) is 1. The highest BCUT2D eigenvalue weighted by atomic mass is 19.4. The lowest BCUT2D eigenvalue weighted by molar-refractivity contribution is -0.137. The Balaban J connectivity index is 1.38. The molecule has 2 fully saturated rings. The van der Waals surface area contributed by atoms with Gasteiger partial charge in [-0.15, -0.1) is 0 Å². The van der Waals surface area contributed by atoms with Gasteiger partial charge in [-0.2, -0.15) is 13.2 Å². The van der Waals surface area contributed by atoms with E-state index in [-0.39, 0.29) is 18.1 Å². The van der Waals surface area contributed by atoms with Gasteiger partial charge in [0, 0.05) is 11.8 Å². The number of benzene rings is 1. The molecular formula is C20H16F3N3O4. The van der Waals surface area contributed by atoms with Crippen molar-refractivity contribution >= 4 is 23.3 Å². The average molecular weight is 419 g/mol. The zero-order chi connectivity index (χ0) is 21.3. The number of aryl methyl sites for hydroxylation is 1. The standard InChI is InChI=1S/C20H16F3N3O4/c1-10-8-14(25-30-10)26-9-19-7-6-13(29-19)15(16(19)18(26)28)17(27)24-12-4-2-11(3-5-12)20(21,22)23/h2-8,13,15-16H,9H2,1H3,(H,24,27). The molecule has 2 bridgehead atoms. The number of nitrogens with one attached hydrogen (secondary N) is 1. The first-order valence-electron chi connectivity index (χ1n) is 9.28. The van der Waals surface area contributed by atoms with Gasteiger partial charge in [-0.1, -0.05) is 17.3 Å². The fourth-order valence-electron chi connectivity index (χ4n) is 4.44. The summed E-state index contributed by atoms with van der Waals surface area (Å²) in [7, 11) is 0. The Morgan fingerprint density at radius 1 is 1.30 bits per heavy atom. The summed E-state index contributed by atoms with van der Waals surface area (Å²) in [6.07, 6.45) is -1.49. The third-order valence-corrected chi connectivity index (χ3v) is 5.77. The Kier molecular flexibility index (Phi) is 3.88. The Bertz CT molecular complexity index is 1060. The van der Waals surface area contributed by atoms with Crippen LogP contribution < -0.4 is 10.2 Å². The van der Waals surface area contributed by atoms with Crippen LogP contribution in [-0.2, 0) is 20.5 Å². The molecule has 10 heteroatoms. The third kappa shape index (κ3) is 2.74. The van der Waals surface area contributed by atoms with Crippen LogP contribution in [0.25, 0.3) is 0 Å². The van der Waals surface area contributed by atoms with E-state index in [0.29, 0.717) is 11.6 Å². The molecule has 1 N–H and O–H groups in total. The van der Waals surface area contributed by atoms with Crippen LogP contribution in [0.3, 0.4) is 0 Å². The maximum absolute atomic E-state index is 13.1.